The summed E-state index contributed by atoms with van der Waals surface area (Å²) >= 11 is 6.03. The van der Waals surface area contributed by atoms with E-state index < -0.39 is 5.97 Å². The van der Waals surface area contributed by atoms with E-state index in [1.54, 1.807) is 6.07 Å². The third-order valence-corrected chi connectivity index (χ3v) is 2.92. The predicted molar refractivity (Wildman–Crippen MR) is 69.3 cm³/mol. The second-order valence-electron chi connectivity index (χ2n) is 4.51. The van der Waals surface area contributed by atoms with Crippen molar-refractivity contribution in [3.63, 3.8) is 0 Å². The third-order valence-electron chi connectivity index (χ3n) is 2.71. The summed E-state index contributed by atoms with van der Waals surface area (Å²) in [6, 6.07) is 5.45. The molecule has 0 bridgehead atoms. The summed E-state index contributed by atoms with van der Waals surface area (Å²) in [5.41, 5.74) is 7.99. The number of hydrogen-bond donors (Lipinski definition) is 2. The zero-order valence-corrected chi connectivity index (χ0v) is 10.9. The molecule has 0 saturated heterocycles. The lowest BCUT2D eigenvalue weighted by molar-refractivity contribution is -0.137. The first-order valence-corrected chi connectivity index (χ1v) is 6.05. The number of rotatable bonds is 5. The number of aliphatic carboxylic acids is 1. The number of nitrogens with two attached hydrogens (primary N) is 1. The Bertz CT molecular complexity index is 404. The van der Waals surface area contributed by atoms with Gasteiger partial charge in [-0.3, -0.25) is 4.79 Å². The minimum absolute atomic E-state index is 0.0741. The zero-order chi connectivity index (χ0) is 13.0. The lowest BCUT2D eigenvalue weighted by Gasteiger charge is -2.14. The number of carboxylic acid groups (broad SMARTS) is 1. The van der Waals surface area contributed by atoms with Crippen LogP contribution in [-0.4, -0.2) is 11.1 Å². The van der Waals surface area contributed by atoms with Gasteiger partial charge in [-0.05, 0) is 35.6 Å². The quantitative estimate of drug-likeness (QED) is 0.848. The SMILES string of the molecule is CC(C)c1cc(Cl)cc(C(N)CCC(=O)O)c1. The van der Waals surface area contributed by atoms with Crippen molar-refractivity contribution in [2.45, 2.75) is 38.6 Å². The predicted octanol–water partition coefficient (Wildman–Crippen LogP) is 3.33. The molecule has 0 spiro atoms. The number of carbonyl (C=O) groups is 1. The van der Waals surface area contributed by atoms with Gasteiger partial charge >= 0.3 is 5.97 Å². The van der Waals surface area contributed by atoms with E-state index in [1.165, 1.54) is 0 Å². The van der Waals surface area contributed by atoms with Gasteiger partial charge in [-0.15, -0.1) is 0 Å². The van der Waals surface area contributed by atoms with Crippen LogP contribution in [0.15, 0.2) is 18.2 Å². The van der Waals surface area contributed by atoms with Crippen LogP contribution in [0, 0.1) is 0 Å². The van der Waals surface area contributed by atoms with Crippen LogP contribution in [0.4, 0.5) is 0 Å². The number of benzene rings is 1. The Labute approximate surface area is 107 Å². The van der Waals surface area contributed by atoms with Crippen molar-refractivity contribution in [3.8, 4) is 0 Å². The molecule has 0 aliphatic rings. The summed E-state index contributed by atoms with van der Waals surface area (Å²) in [5, 5.41) is 9.28. The van der Waals surface area contributed by atoms with Crippen molar-refractivity contribution in [1.82, 2.24) is 0 Å². The highest BCUT2D eigenvalue weighted by Crippen LogP contribution is 2.25. The molecule has 1 unspecified atom stereocenters. The van der Waals surface area contributed by atoms with Crippen LogP contribution >= 0.6 is 11.6 Å². The fraction of sp³-hybridized carbons (Fsp3) is 0.462. The van der Waals surface area contributed by atoms with Crippen molar-refractivity contribution < 1.29 is 9.90 Å². The van der Waals surface area contributed by atoms with Gasteiger partial charge in [0.2, 0.25) is 0 Å². The van der Waals surface area contributed by atoms with E-state index in [0.29, 0.717) is 17.4 Å². The van der Waals surface area contributed by atoms with Crippen LogP contribution in [0.3, 0.4) is 0 Å². The number of hydrogen-bond acceptors (Lipinski definition) is 2. The maximum Gasteiger partial charge on any atom is 0.303 e. The average Bonchev–Trinajstić information content (AvgIpc) is 2.24. The Morgan fingerprint density at radius 3 is 2.47 bits per heavy atom. The molecule has 0 radical (unpaired) electrons. The van der Waals surface area contributed by atoms with E-state index in [4.69, 9.17) is 22.4 Å². The highest BCUT2D eigenvalue weighted by molar-refractivity contribution is 6.30. The summed E-state index contributed by atoms with van der Waals surface area (Å²) in [7, 11) is 0. The molecule has 1 rings (SSSR count). The highest BCUT2D eigenvalue weighted by Gasteiger charge is 2.11. The van der Waals surface area contributed by atoms with Crippen LogP contribution in [0.5, 0.6) is 0 Å². The van der Waals surface area contributed by atoms with E-state index in [0.717, 1.165) is 11.1 Å². The molecule has 0 aliphatic heterocycles. The molecule has 0 saturated carbocycles. The van der Waals surface area contributed by atoms with Gasteiger partial charge < -0.3 is 10.8 Å². The Morgan fingerprint density at radius 2 is 1.94 bits per heavy atom. The summed E-state index contributed by atoms with van der Waals surface area (Å²) in [4.78, 5) is 10.5. The van der Waals surface area contributed by atoms with Gasteiger partial charge in [0, 0.05) is 17.5 Å². The molecule has 0 heterocycles. The Balaban J connectivity index is 2.85. The average molecular weight is 256 g/mol. The second-order valence-corrected chi connectivity index (χ2v) is 4.95. The van der Waals surface area contributed by atoms with Crippen molar-refractivity contribution in [2.75, 3.05) is 0 Å². The molecule has 0 fully saturated rings. The minimum Gasteiger partial charge on any atom is -0.481 e. The first kappa shape index (κ1) is 14.0. The van der Waals surface area contributed by atoms with Gasteiger partial charge in [0.1, 0.15) is 0 Å². The fourth-order valence-corrected chi connectivity index (χ4v) is 1.88. The molecule has 1 atom stereocenters. The highest BCUT2D eigenvalue weighted by atomic mass is 35.5. The maximum atomic E-state index is 10.5. The van der Waals surface area contributed by atoms with Crippen molar-refractivity contribution in [2.24, 2.45) is 5.73 Å². The monoisotopic (exact) mass is 255 g/mol. The first-order chi connectivity index (χ1) is 7.90. The number of carboxylic acids is 1. The van der Waals surface area contributed by atoms with E-state index >= 15 is 0 Å². The van der Waals surface area contributed by atoms with Gasteiger partial charge in [-0.1, -0.05) is 31.5 Å². The normalized spacial score (nSPS) is 12.8. The Morgan fingerprint density at radius 1 is 1.35 bits per heavy atom. The van der Waals surface area contributed by atoms with E-state index in [1.807, 2.05) is 12.1 Å². The summed E-state index contributed by atoms with van der Waals surface area (Å²) in [6.45, 7) is 4.16. The molecule has 0 aromatic heterocycles. The van der Waals surface area contributed by atoms with Crippen LogP contribution in [0.25, 0.3) is 0 Å². The summed E-state index contributed by atoms with van der Waals surface area (Å²) < 4.78 is 0. The van der Waals surface area contributed by atoms with Gasteiger partial charge in [0.25, 0.3) is 0 Å². The van der Waals surface area contributed by atoms with Gasteiger partial charge in [0.15, 0.2) is 0 Å². The summed E-state index contributed by atoms with van der Waals surface area (Å²) in [5.74, 6) is -0.453. The smallest absolute Gasteiger partial charge is 0.303 e. The van der Waals surface area contributed by atoms with Gasteiger partial charge in [-0.2, -0.15) is 0 Å². The molecule has 17 heavy (non-hydrogen) atoms. The van der Waals surface area contributed by atoms with Crippen molar-refractivity contribution in [3.05, 3.63) is 34.3 Å². The van der Waals surface area contributed by atoms with Crippen molar-refractivity contribution >= 4 is 17.6 Å². The lowest BCUT2D eigenvalue weighted by Crippen LogP contribution is -2.12. The second kappa shape index (κ2) is 6.03. The molecule has 0 amide bonds. The largest absolute Gasteiger partial charge is 0.481 e. The molecule has 1 aromatic rings. The molecule has 3 nitrogen and oxygen atoms in total. The van der Waals surface area contributed by atoms with Crippen LogP contribution in [-0.2, 0) is 4.79 Å². The molecule has 4 heteroatoms. The maximum absolute atomic E-state index is 10.5. The molecule has 94 valence electrons. The topological polar surface area (TPSA) is 63.3 Å². The van der Waals surface area contributed by atoms with Crippen LogP contribution < -0.4 is 5.73 Å². The molecule has 1 aromatic carbocycles. The standard InChI is InChI=1S/C13H18ClNO2/c1-8(2)9-5-10(7-11(14)6-9)12(15)3-4-13(16)17/h5-8,12H,3-4,15H2,1-2H3,(H,16,17). The van der Waals surface area contributed by atoms with Crippen LogP contribution in [0.1, 0.15) is 49.8 Å². The van der Waals surface area contributed by atoms with E-state index in [2.05, 4.69) is 13.8 Å². The van der Waals surface area contributed by atoms with E-state index in [9.17, 15) is 4.79 Å². The van der Waals surface area contributed by atoms with Gasteiger partial charge in [0.05, 0.1) is 0 Å². The van der Waals surface area contributed by atoms with Gasteiger partial charge in [-0.25, -0.2) is 0 Å². The molecular weight excluding hydrogens is 238 g/mol. The van der Waals surface area contributed by atoms with Crippen molar-refractivity contribution in [1.29, 1.82) is 0 Å². The van der Waals surface area contributed by atoms with E-state index in [-0.39, 0.29) is 12.5 Å². The lowest BCUT2D eigenvalue weighted by atomic mass is 9.96. The van der Waals surface area contributed by atoms with Crippen LogP contribution in [0.2, 0.25) is 5.02 Å². The fourth-order valence-electron chi connectivity index (χ4n) is 1.63. The minimum atomic E-state index is -0.827. The Hall–Kier alpha value is -1.06. The number of halogens is 1. The molecule has 3 N–H and O–H groups in total. The summed E-state index contributed by atoms with van der Waals surface area (Å²) in [6.07, 6.45) is 0.498. The molecule has 0 aliphatic carbocycles. The first-order valence-electron chi connectivity index (χ1n) is 5.68. The Kier molecular flexibility index (Phi) is 4.97. The molecular formula is C13H18ClNO2. The zero-order valence-electron chi connectivity index (χ0n) is 10.1. The third kappa shape index (κ3) is 4.36.